The van der Waals surface area contributed by atoms with E-state index < -0.39 is 16.0 Å². The lowest BCUT2D eigenvalue weighted by molar-refractivity contribution is 0.0696. The number of benzene rings is 1. The van der Waals surface area contributed by atoms with Crippen LogP contribution in [-0.2, 0) is 10.0 Å². The fourth-order valence-electron chi connectivity index (χ4n) is 1.29. The molecule has 5 nitrogen and oxygen atoms in total. The molecule has 0 amide bonds. The highest BCUT2D eigenvalue weighted by Gasteiger charge is 2.23. The molecular formula is C12H12ClNO4S. The van der Waals surface area contributed by atoms with Gasteiger partial charge in [0.2, 0.25) is 10.0 Å². The molecule has 0 aliphatic rings. The second-order valence-electron chi connectivity index (χ2n) is 3.64. The van der Waals surface area contributed by atoms with E-state index in [4.69, 9.17) is 16.7 Å². The molecule has 0 atom stereocenters. The molecule has 19 heavy (non-hydrogen) atoms. The molecule has 1 aromatic carbocycles. The van der Waals surface area contributed by atoms with Crippen molar-refractivity contribution in [2.75, 3.05) is 13.6 Å². The Kier molecular flexibility index (Phi) is 4.95. The number of aromatic carboxylic acids is 1. The Labute approximate surface area is 116 Å². The van der Waals surface area contributed by atoms with Crippen LogP contribution in [0, 0.1) is 11.8 Å². The minimum absolute atomic E-state index is 0.0375. The third kappa shape index (κ3) is 3.47. The molecule has 0 aromatic heterocycles. The molecule has 7 heteroatoms. The number of hydrogen-bond donors (Lipinski definition) is 1. The van der Waals surface area contributed by atoms with Crippen LogP contribution in [0.25, 0.3) is 0 Å². The van der Waals surface area contributed by atoms with E-state index >= 15 is 0 Å². The Morgan fingerprint density at radius 3 is 2.58 bits per heavy atom. The van der Waals surface area contributed by atoms with Crippen molar-refractivity contribution in [3.8, 4) is 11.8 Å². The van der Waals surface area contributed by atoms with Gasteiger partial charge < -0.3 is 5.11 Å². The summed E-state index contributed by atoms with van der Waals surface area (Å²) in [6.07, 6.45) is 0. The number of carboxylic acid groups (broad SMARTS) is 1. The van der Waals surface area contributed by atoms with Gasteiger partial charge in [0, 0.05) is 7.05 Å². The minimum atomic E-state index is -3.78. The summed E-state index contributed by atoms with van der Waals surface area (Å²) in [5.41, 5.74) is -0.0695. The molecule has 0 radical (unpaired) electrons. The van der Waals surface area contributed by atoms with Crippen LogP contribution < -0.4 is 0 Å². The van der Waals surface area contributed by atoms with Crippen LogP contribution in [0.4, 0.5) is 0 Å². The summed E-state index contributed by atoms with van der Waals surface area (Å²) in [7, 11) is -2.40. The van der Waals surface area contributed by atoms with E-state index in [1.807, 2.05) is 0 Å². The van der Waals surface area contributed by atoms with E-state index in [9.17, 15) is 13.2 Å². The second kappa shape index (κ2) is 6.06. The number of halogens is 1. The Hall–Kier alpha value is -1.55. The first kappa shape index (κ1) is 15.5. The SMILES string of the molecule is CC#CCN(C)S(=O)(=O)c1ccc(C(=O)O)cc1Cl. The van der Waals surface area contributed by atoms with E-state index in [1.165, 1.54) is 19.2 Å². The van der Waals surface area contributed by atoms with Gasteiger partial charge in [-0.05, 0) is 25.1 Å². The summed E-state index contributed by atoms with van der Waals surface area (Å²) in [6.45, 7) is 1.64. The van der Waals surface area contributed by atoms with Gasteiger partial charge in [0.05, 0.1) is 17.1 Å². The predicted octanol–water partition coefficient (Wildman–Crippen LogP) is 1.68. The van der Waals surface area contributed by atoms with Crippen molar-refractivity contribution >= 4 is 27.6 Å². The summed E-state index contributed by atoms with van der Waals surface area (Å²) < 4.78 is 25.4. The zero-order valence-corrected chi connectivity index (χ0v) is 11.9. The zero-order chi connectivity index (χ0) is 14.6. The fourth-order valence-corrected chi connectivity index (χ4v) is 2.88. The summed E-state index contributed by atoms with van der Waals surface area (Å²) in [4.78, 5) is 10.6. The maximum Gasteiger partial charge on any atom is 0.335 e. The first-order chi connectivity index (χ1) is 8.80. The molecular weight excluding hydrogens is 290 g/mol. The van der Waals surface area contributed by atoms with Gasteiger partial charge in [-0.15, -0.1) is 5.92 Å². The van der Waals surface area contributed by atoms with Gasteiger partial charge in [-0.3, -0.25) is 0 Å². The smallest absolute Gasteiger partial charge is 0.335 e. The van der Waals surface area contributed by atoms with Crippen LogP contribution in [-0.4, -0.2) is 37.4 Å². The maximum atomic E-state index is 12.2. The first-order valence-electron chi connectivity index (χ1n) is 5.19. The molecule has 0 unspecified atom stereocenters. The Morgan fingerprint density at radius 2 is 2.11 bits per heavy atom. The predicted molar refractivity (Wildman–Crippen MR) is 71.7 cm³/mol. The summed E-state index contributed by atoms with van der Waals surface area (Å²) in [5.74, 6) is 4.06. The molecule has 0 bridgehead atoms. The highest BCUT2D eigenvalue weighted by molar-refractivity contribution is 7.89. The molecule has 0 saturated heterocycles. The van der Waals surface area contributed by atoms with Crippen molar-refractivity contribution in [1.82, 2.24) is 4.31 Å². The number of carbonyl (C=O) groups is 1. The van der Waals surface area contributed by atoms with Crippen molar-refractivity contribution in [2.45, 2.75) is 11.8 Å². The highest BCUT2D eigenvalue weighted by atomic mass is 35.5. The molecule has 1 N–H and O–H groups in total. The van der Waals surface area contributed by atoms with Crippen LogP contribution in [0.3, 0.4) is 0 Å². The number of sulfonamides is 1. The number of nitrogens with zero attached hydrogens (tertiary/aromatic N) is 1. The third-order valence-electron chi connectivity index (χ3n) is 2.35. The standard InChI is InChI=1S/C12H12ClNO4S/c1-3-4-7-14(2)19(17,18)11-6-5-9(12(15)16)8-10(11)13/h5-6,8H,7H2,1-2H3,(H,15,16). The van der Waals surface area contributed by atoms with Crippen molar-refractivity contribution in [3.05, 3.63) is 28.8 Å². The van der Waals surface area contributed by atoms with Gasteiger partial charge in [0.1, 0.15) is 4.90 Å². The van der Waals surface area contributed by atoms with E-state index in [-0.39, 0.29) is 22.0 Å². The number of rotatable bonds is 4. The Morgan fingerprint density at radius 1 is 1.47 bits per heavy atom. The van der Waals surface area contributed by atoms with Crippen LogP contribution in [0.15, 0.2) is 23.1 Å². The lowest BCUT2D eigenvalue weighted by Crippen LogP contribution is -2.27. The molecule has 1 rings (SSSR count). The number of carboxylic acids is 1. The van der Waals surface area contributed by atoms with Crippen LogP contribution in [0.1, 0.15) is 17.3 Å². The summed E-state index contributed by atoms with van der Waals surface area (Å²) in [6, 6.07) is 3.48. The summed E-state index contributed by atoms with van der Waals surface area (Å²) >= 11 is 5.83. The largest absolute Gasteiger partial charge is 0.478 e. The van der Waals surface area contributed by atoms with E-state index in [2.05, 4.69) is 11.8 Å². The van der Waals surface area contributed by atoms with E-state index in [0.29, 0.717) is 0 Å². The van der Waals surface area contributed by atoms with Crippen molar-refractivity contribution < 1.29 is 18.3 Å². The summed E-state index contributed by atoms with van der Waals surface area (Å²) in [5, 5.41) is 8.66. The van der Waals surface area contributed by atoms with Gasteiger partial charge in [-0.25, -0.2) is 13.2 Å². The molecule has 1 aromatic rings. The van der Waals surface area contributed by atoms with Gasteiger partial charge in [0.25, 0.3) is 0 Å². The quantitative estimate of drug-likeness (QED) is 0.859. The third-order valence-corrected chi connectivity index (χ3v) is 4.63. The molecule has 0 fully saturated rings. The lowest BCUT2D eigenvalue weighted by atomic mass is 10.2. The average Bonchev–Trinajstić information content (AvgIpc) is 2.35. The molecule has 102 valence electrons. The van der Waals surface area contributed by atoms with Crippen molar-refractivity contribution in [3.63, 3.8) is 0 Å². The fraction of sp³-hybridized carbons (Fsp3) is 0.250. The first-order valence-corrected chi connectivity index (χ1v) is 7.01. The molecule has 0 spiro atoms. The minimum Gasteiger partial charge on any atom is -0.478 e. The van der Waals surface area contributed by atoms with Gasteiger partial charge in [0.15, 0.2) is 0 Å². The van der Waals surface area contributed by atoms with Gasteiger partial charge in [-0.1, -0.05) is 17.5 Å². The number of hydrogen-bond acceptors (Lipinski definition) is 3. The molecule has 0 aliphatic heterocycles. The average molecular weight is 302 g/mol. The monoisotopic (exact) mass is 301 g/mol. The van der Waals surface area contributed by atoms with Crippen LogP contribution in [0.5, 0.6) is 0 Å². The zero-order valence-electron chi connectivity index (χ0n) is 10.3. The van der Waals surface area contributed by atoms with Crippen LogP contribution in [0.2, 0.25) is 5.02 Å². The van der Waals surface area contributed by atoms with Gasteiger partial charge in [-0.2, -0.15) is 4.31 Å². The van der Waals surface area contributed by atoms with Crippen molar-refractivity contribution in [2.24, 2.45) is 0 Å². The van der Waals surface area contributed by atoms with Gasteiger partial charge >= 0.3 is 5.97 Å². The topological polar surface area (TPSA) is 74.7 Å². The molecule has 0 heterocycles. The molecule has 0 aliphatic carbocycles. The lowest BCUT2D eigenvalue weighted by Gasteiger charge is -2.15. The maximum absolute atomic E-state index is 12.2. The van der Waals surface area contributed by atoms with E-state index in [1.54, 1.807) is 6.92 Å². The Bertz CT molecular complexity index is 658. The second-order valence-corrected chi connectivity index (χ2v) is 6.06. The molecule has 0 saturated carbocycles. The highest BCUT2D eigenvalue weighted by Crippen LogP contribution is 2.25. The van der Waals surface area contributed by atoms with Crippen molar-refractivity contribution in [1.29, 1.82) is 0 Å². The normalized spacial score (nSPS) is 10.9. The Balaban J connectivity index is 3.21. The van der Waals surface area contributed by atoms with Crippen LogP contribution >= 0.6 is 11.6 Å². The van der Waals surface area contributed by atoms with E-state index in [0.717, 1.165) is 10.4 Å².